The van der Waals surface area contributed by atoms with Crippen LogP contribution in [-0.4, -0.2) is 10.9 Å². The molecule has 20 heavy (non-hydrogen) atoms. The lowest BCUT2D eigenvalue weighted by Crippen LogP contribution is -2.29. The van der Waals surface area contributed by atoms with E-state index >= 15 is 0 Å². The Morgan fingerprint density at radius 2 is 2.00 bits per heavy atom. The number of anilines is 1. The SMILES string of the molecule is CCC(NC(=O)Cc1cccnc1N)c1ccccc1. The van der Waals surface area contributed by atoms with E-state index in [0.717, 1.165) is 17.5 Å². The van der Waals surface area contributed by atoms with Gasteiger partial charge in [0.25, 0.3) is 0 Å². The molecular weight excluding hydrogens is 250 g/mol. The maximum Gasteiger partial charge on any atom is 0.225 e. The van der Waals surface area contributed by atoms with Crippen LogP contribution in [0.25, 0.3) is 0 Å². The molecule has 0 saturated carbocycles. The second-order valence-corrected chi connectivity index (χ2v) is 4.66. The number of hydrogen-bond acceptors (Lipinski definition) is 3. The van der Waals surface area contributed by atoms with E-state index in [4.69, 9.17) is 5.73 Å². The van der Waals surface area contributed by atoms with Gasteiger partial charge in [-0.3, -0.25) is 4.79 Å². The average molecular weight is 269 g/mol. The minimum absolute atomic E-state index is 0.0293. The Bertz CT molecular complexity index is 569. The van der Waals surface area contributed by atoms with Crippen molar-refractivity contribution in [2.75, 3.05) is 5.73 Å². The van der Waals surface area contributed by atoms with Gasteiger partial charge in [0, 0.05) is 11.8 Å². The molecule has 1 aromatic carbocycles. The largest absolute Gasteiger partial charge is 0.383 e. The first-order valence-corrected chi connectivity index (χ1v) is 6.74. The van der Waals surface area contributed by atoms with Gasteiger partial charge < -0.3 is 11.1 Å². The zero-order valence-electron chi connectivity index (χ0n) is 11.5. The minimum Gasteiger partial charge on any atom is -0.383 e. The summed E-state index contributed by atoms with van der Waals surface area (Å²) in [7, 11) is 0. The van der Waals surface area contributed by atoms with E-state index in [0.29, 0.717) is 5.82 Å². The standard InChI is InChI=1S/C16H19N3O/c1-2-14(12-7-4-3-5-8-12)19-15(20)11-13-9-6-10-18-16(13)17/h3-10,14H,2,11H2,1H3,(H2,17,18)(H,19,20). The molecule has 0 saturated heterocycles. The van der Waals surface area contributed by atoms with Gasteiger partial charge in [-0.2, -0.15) is 0 Å². The van der Waals surface area contributed by atoms with Crippen LogP contribution in [0.4, 0.5) is 5.82 Å². The number of carbonyl (C=O) groups is 1. The fraction of sp³-hybridized carbons (Fsp3) is 0.250. The number of rotatable bonds is 5. The maximum atomic E-state index is 12.1. The van der Waals surface area contributed by atoms with Crippen molar-refractivity contribution in [2.24, 2.45) is 0 Å². The smallest absolute Gasteiger partial charge is 0.225 e. The Morgan fingerprint density at radius 3 is 2.65 bits per heavy atom. The molecule has 0 aliphatic rings. The van der Waals surface area contributed by atoms with E-state index < -0.39 is 0 Å². The number of nitrogens with two attached hydrogens (primary N) is 1. The predicted molar refractivity (Wildman–Crippen MR) is 80.0 cm³/mol. The van der Waals surface area contributed by atoms with Gasteiger partial charge in [0.15, 0.2) is 0 Å². The molecule has 4 nitrogen and oxygen atoms in total. The summed E-state index contributed by atoms with van der Waals surface area (Å²) >= 11 is 0. The van der Waals surface area contributed by atoms with Crippen molar-refractivity contribution in [1.29, 1.82) is 0 Å². The van der Waals surface area contributed by atoms with Gasteiger partial charge in [0.05, 0.1) is 12.5 Å². The molecule has 0 fully saturated rings. The third kappa shape index (κ3) is 3.57. The lowest BCUT2D eigenvalue weighted by molar-refractivity contribution is -0.121. The molecule has 1 aromatic heterocycles. The van der Waals surface area contributed by atoms with Gasteiger partial charge in [0.2, 0.25) is 5.91 Å². The van der Waals surface area contributed by atoms with Crippen LogP contribution in [0.2, 0.25) is 0 Å². The third-order valence-corrected chi connectivity index (χ3v) is 3.22. The molecular formula is C16H19N3O. The number of nitrogens with one attached hydrogen (secondary N) is 1. The lowest BCUT2D eigenvalue weighted by atomic mass is 10.0. The Labute approximate surface area is 119 Å². The van der Waals surface area contributed by atoms with Gasteiger partial charge in [-0.15, -0.1) is 0 Å². The Morgan fingerprint density at radius 1 is 1.25 bits per heavy atom. The molecule has 0 aliphatic carbocycles. The number of aromatic nitrogens is 1. The maximum absolute atomic E-state index is 12.1. The van der Waals surface area contributed by atoms with Crippen molar-refractivity contribution in [3.8, 4) is 0 Å². The summed E-state index contributed by atoms with van der Waals surface area (Å²) in [5.41, 5.74) is 7.62. The second kappa shape index (κ2) is 6.70. The number of nitrogen functional groups attached to an aromatic ring is 1. The summed E-state index contributed by atoms with van der Waals surface area (Å²) in [6.07, 6.45) is 2.72. The van der Waals surface area contributed by atoms with Crippen LogP contribution >= 0.6 is 0 Å². The van der Waals surface area contributed by atoms with Crippen LogP contribution < -0.4 is 11.1 Å². The van der Waals surface area contributed by atoms with Gasteiger partial charge in [-0.05, 0) is 18.1 Å². The fourth-order valence-electron chi connectivity index (χ4n) is 2.13. The Hall–Kier alpha value is -2.36. The molecule has 1 atom stereocenters. The molecule has 2 rings (SSSR count). The number of nitrogens with zero attached hydrogens (tertiary/aromatic N) is 1. The summed E-state index contributed by atoms with van der Waals surface area (Å²) in [6, 6.07) is 13.6. The fourth-order valence-corrected chi connectivity index (χ4v) is 2.13. The number of benzene rings is 1. The molecule has 0 spiro atoms. The zero-order valence-corrected chi connectivity index (χ0v) is 11.5. The van der Waals surface area contributed by atoms with Gasteiger partial charge in [-0.25, -0.2) is 4.98 Å². The van der Waals surface area contributed by atoms with Gasteiger partial charge >= 0.3 is 0 Å². The normalized spacial score (nSPS) is 11.8. The minimum atomic E-state index is -0.0413. The molecule has 1 heterocycles. The van der Waals surface area contributed by atoms with E-state index in [1.165, 1.54) is 0 Å². The van der Waals surface area contributed by atoms with Crippen molar-refractivity contribution in [3.05, 3.63) is 59.8 Å². The summed E-state index contributed by atoms with van der Waals surface area (Å²) in [5, 5.41) is 3.04. The van der Waals surface area contributed by atoms with Gasteiger partial charge in [0.1, 0.15) is 5.82 Å². The molecule has 2 aromatic rings. The highest BCUT2D eigenvalue weighted by molar-refractivity contribution is 5.80. The highest BCUT2D eigenvalue weighted by Crippen LogP contribution is 2.16. The zero-order chi connectivity index (χ0) is 14.4. The summed E-state index contributed by atoms with van der Waals surface area (Å²) in [4.78, 5) is 16.1. The van der Waals surface area contributed by atoms with Crippen molar-refractivity contribution in [1.82, 2.24) is 10.3 Å². The topological polar surface area (TPSA) is 68.0 Å². The monoisotopic (exact) mass is 269 g/mol. The van der Waals surface area contributed by atoms with Crippen molar-refractivity contribution in [2.45, 2.75) is 25.8 Å². The van der Waals surface area contributed by atoms with E-state index in [-0.39, 0.29) is 18.4 Å². The average Bonchev–Trinajstić information content (AvgIpc) is 2.48. The molecule has 1 amide bonds. The molecule has 0 bridgehead atoms. The van der Waals surface area contributed by atoms with E-state index in [1.807, 2.05) is 36.4 Å². The number of pyridine rings is 1. The highest BCUT2D eigenvalue weighted by Gasteiger charge is 2.13. The number of hydrogen-bond donors (Lipinski definition) is 2. The van der Waals surface area contributed by atoms with E-state index in [1.54, 1.807) is 12.3 Å². The third-order valence-electron chi connectivity index (χ3n) is 3.22. The number of amides is 1. The van der Waals surface area contributed by atoms with Gasteiger partial charge in [-0.1, -0.05) is 43.3 Å². The summed E-state index contributed by atoms with van der Waals surface area (Å²) in [5.74, 6) is 0.371. The molecule has 104 valence electrons. The van der Waals surface area contributed by atoms with Crippen LogP contribution in [0.3, 0.4) is 0 Å². The van der Waals surface area contributed by atoms with Crippen molar-refractivity contribution in [3.63, 3.8) is 0 Å². The van der Waals surface area contributed by atoms with Crippen molar-refractivity contribution < 1.29 is 4.79 Å². The van der Waals surface area contributed by atoms with E-state index in [2.05, 4.69) is 17.2 Å². The van der Waals surface area contributed by atoms with Crippen LogP contribution in [0.15, 0.2) is 48.7 Å². The molecule has 0 aliphatic heterocycles. The lowest BCUT2D eigenvalue weighted by Gasteiger charge is -2.17. The quantitative estimate of drug-likeness (QED) is 0.876. The predicted octanol–water partition coefficient (Wildman–Crippen LogP) is 2.47. The van der Waals surface area contributed by atoms with Crippen LogP contribution in [0.1, 0.15) is 30.5 Å². The summed E-state index contributed by atoms with van der Waals surface area (Å²) in [6.45, 7) is 2.05. The van der Waals surface area contributed by atoms with Crippen LogP contribution in [0.5, 0.6) is 0 Å². The Kier molecular flexibility index (Phi) is 4.71. The highest BCUT2D eigenvalue weighted by atomic mass is 16.1. The van der Waals surface area contributed by atoms with Crippen molar-refractivity contribution >= 4 is 11.7 Å². The summed E-state index contributed by atoms with van der Waals surface area (Å²) < 4.78 is 0. The van der Waals surface area contributed by atoms with Crippen LogP contribution in [-0.2, 0) is 11.2 Å². The molecule has 0 radical (unpaired) electrons. The first kappa shape index (κ1) is 14.1. The molecule has 1 unspecified atom stereocenters. The Balaban J connectivity index is 2.02. The molecule has 3 N–H and O–H groups in total. The first-order valence-electron chi connectivity index (χ1n) is 6.74. The van der Waals surface area contributed by atoms with E-state index in [9.17, 15) is 4.79 Å². The first-order chi connectivity index (χ1) is 9.70. The molecule has 4 heteroatoms. The van der Waals surface area contributed by atoms with Crippen LogP contribution in [0, 0.1) is 0 Å². The number of carbonyl (C=O) groups excluding carboxylic acids is 1. The second-order valence-electron chi connectivity index (χ2n) is 4.66.